The predicted molar refractivity (Wildman–Crippen MR) is 75.4 cm³/mol. The quantitative estimate of drug-likeness (QED) is 0.799. The van der Waals surface area contributed by atoms with Gasteiger partial charge in [-0.2, -0.15) is 0 Å². The van der Waals surface area contributed by atoms with Crippen LogP contribution in [-0.4, -0.2) is 28.9 Å². The second-order valence-corrected chi connectivity index (χ2v) is 5.13. The van der Waals surface area contributed by atoms with Gasteiger partial charge in [-0.25, -0.2) is 0 Å². The van der Waals surface area contributed by atoms with E-state index in [4.69, 9.17) is 5.73 Å². The summed E-state index contributed by atoms with van der Waals surface area (Å²) in [5.74, 6) is 0.281. The minimum atomic E-state index is 0.232. The molecule has 4 heteroatoms. The number of rotatable bonds is 6. The van der Waals surface area contributed by atoms with Crippen LogP contribution in [0.15, 0.2) is 24.5 Å². The molecule has 1 amide bonds. The van der Waals surface area contributed by atoms with Crippen LogP contribution in [-0.2, 0) is 4.79 Å². The van der Waals surface area contributed by atoms with E-state index in [0.29, 0.717) is 6.42 Å². The van der Waals surface area contributed by atoms with Crippen molar-refractivity contribution in [2.24, 2.45) is 5.73 Å². The molecule has 1 aliphatic heterocycles. The Balaban J connectivity index is 1.90. The summed E-state index contributed by atoms with van der Waals surface area (Å²) >= 11 is 0. The molecule has 4 nitrogen and oxygen atoms in total. The maximum absolute atomic E-state index is 12.3. The number of nitrogens with two attached hydrogens (primary N) is 1. The number of unbranched alkanes of at least 4 members (excludes halogenated alkanes) is 2. The molecule has 1 atom stereocenters. The first kappa shape index (κ1) is 14.0. The number of aromatic nitrogens is 1. The molecule has 0 radical (unpaired) electrons. The van der Waals surface area contributed by atoms with Crippen molar-refractivity contribution in [2.45, 2.75) is 44.6 Å². The highest BCUT2D eigenvalue weighted by Gasteiger charge is 2.29. The van der Waals surface area contributed by atoms with Crippen molar-refractivity contribution in [2.75, 3.05) is 13.1 Å². The summed E-state index contributed by atoms with van der Waals surface area (Å²) in [7, 11) is 0. The topological polar surface area (TPSA) is 59.2 Å². The van der Waals surface area contributed by atoms with E-state index >= 15 is 0 Å². The molecule has 19 heavy (non-hydrogen) atoms. The monoisotopic (exact) mass is 261 g/mol. The zero-order chi connectivity index (χ0) is 13.5. The lowest BCUT2D eigenvalue weighted by Crippen LogP contribution is -2.30. The van der Waals surface area contributed by atoms with Gasteiger partial charge in [0.2, 0.25) is 5.91 Å². The number of amides is 1. The highest BCUT2D eigenvalue weighted by Crippen LogP contribution is 2.32. The summed E-state index contributed by atoms with van der Waals surface area (Å²) in [6.45, 7) is 1.60. The van der Waals surface area contributed by atoms with Gasteiger partial charge in [0.25, 0.3) is 0 Å². The van der Waals surface area contributed by atoms with Crippen LogP contribution in [0.25, 0.3) is 0 Å². The molecule has 0 saturated carbocycles. The van der Waals surface area contributed by atoms with Gasteiger partial charge in [-0.1, -0.05) is 12.5 Å². The van der Waals surface area contributed by atoms with E-state index in [0.717, 1.165) is 50.8 Å². The molecule has 1 aliphatic rings. The van der Waals surface area contributed by atoms with Gasteiger partial charge in [0.1, 0.15) is 0 Å². The summed E-state index contributed by atoms with van der Waals surface area (Å²) < 4.78 is 0. The Morgan fingerprint density at radius 2 is 2.32 bits per heavy atom. The third kappa shape index (κ3) is 3.77. The van der Waals surface area contributed by atoms with E-state index in [9.17, 15) is 4.79 Å². The minimum Gasteiger partial charge on any atom is -0.336 e. The normalized spacial score (nSPS) is 18.8. The summed E-state index contributed by atoms with van der Waals surface area (Å²) in [5.41, 5.74) is 6.63. The van der Waals surface area contributed by atoms with Gasteiger partial charge in [0.05, 0.1) is 6.04 Å². The van der Waals surface area contributed by atoms with Crippen LogP contribution in [0.4, 0.5) is 0 Å². The molecule has 2 heterocycles. The number of hydrogen-bond donors (Lipinski definition) is 1. The zero-order valence-electron chi connectivity index (χ0n) is 11.4. The van der Waals surface area contributed by atoms with Crippen molar-refractivity contribution >= 4 is 5.91 Å². The van der Waals surface area contributed by atoms with E-state index in [1.54, 1.807) is 6.20 Å². The van der Waals surface area contributed by atoms with Crippen LogP contribution < -0.4 is 5.73 Å². The van der Waals surface area contributed by atoms with E-state index in [1.165, 1.54) is 0 Å². The van der Waals surface area contributed by atoms with Gasteiger partial charge in [-0.05, 0) is 43.9 Å². The Morgan fingerprint density at radius 1 is 1.42 bits per heavy atom. The first-order valence-corrected chi connectivity index (χ1v) is 7.22. The molecule has 0 aliphatic carbocycles. The van der Waals surface area contributed by atoms with Crippen LogP contribution in [0.2, 0.25) is 0 Å². The average molecular weight is 261 g/mol. The number of carbonyl (C=O) groups excluding carboxylic acids is 1. The zero-order valence-corrected chi connectivity index (χ0v) is 11.4. The molecule has 1 unspecified atom stereocenters. The Hall–Kier alpha value is -1.42. The van der Waals surface area contributed by atoms with Crippen LogP contribution in [0, 0.1) is 0 Å². The van der Waals surface area contributed by atoms with Gasteiger partial charge in [-0.3, -0.25) is 9.78 Å². The highest BCUT2D eigenvalue weighted by molar-refractivity contribution is 5.77. The highest BCUT2D eigenvalue weighted by atomic mass is 16.2. The maximum atomic E-state index is 12.3. The summed E-state index contributed by atoms with van der Waals surface area (Å²) in [4.78, 5) is 18.5. The van der Waals surface area contributed by atoms with Crippen LogP contribution in [0.1, 0.15) is 50.1 Å². The third-order valence-corrected chi connectivity index (χ3v) is 3.74. The molecule has 1 aromatic rings. The molecular formula is C15H23N3O. The second-order valence-electron chi connectivity index (χ2n) is 5.13. The largest absolute Gasteiger partial charge is 0.336 e. The van der Waals surface area contributed by atoms with Crippen molar-refractivity contribution in [3.05, 3.63) is 30.1 Å². The van der Waals surface area contributed by atoms with E-state index in [-0.39, 0.29) is 11.9 Å². The molecule has 1 aromatic heterocycles. The first-order chi connectivity index (χ1) is 9.33. The van der Waals surface area contributed by atoms with Gasteiger partial charge < -0.3 is 10.6 Å². The Kier molecular flexibility index (Phi) is 5.33. The molecule has 2 rings (SSSR count). The third-order valence-electron chi connectivity index (χ3n) is 3.74. The van der Waals surface area contributed by atoms with Gasteiger partial charge in [0, 0.05) is 25.4 Å². The number of hydrogen-bond acceptors (Lipinski definition) is 3. The SMILES string of the molecule is NCCCCCC(=O)N1CCCC1c1cccnc1. The number of pyridine rings is 1. The fourth-order valence-electron chi connectivity index (χ4n) is 2.73. The Morgan fingerprint density at radius 3 is 3.05 bits per heavy atom. The molecule has 2 N–H and O–H groups in total. The lowest BCUT2D eigenvalue weighted by molar-refractivity contribution is -0.132. The number of likely N-dealkylation sites (tertiary alicyclic amines) is 1. The van der Waals surface area contributed by atoms with Crippen molar-refractivity contribution in [1.29, 1.82) is 0 Å². The lowest BCUT2D eigenvalue weighted by atomic mass is 10.1. The molecule has 0 bridgehead atoms. The Labute approximate surface area is 115 Å². The van der Waals surface area contributed by atoms with Gasteiger partial charge in [0.15, 0.2) is 0 Å². The van der Waals surface area contributed by atoms with Crippen LogP contribution in [0.3, 0.4) is 0 Å². The Bertz CT molecular complexity index is 394. The molecule has 0 aromatic carbocycles. The van der Waals surface area contributed by atoms with E-state index in [2.05, 4.69) is 11.1 Å². The van der Waals surface area contributed by atoms with Crippen LogP contribution in [0.5, 0.6) is 0 Å². The molecule has 1 fully saturated rings. The van der Waals surface area contributed by atoms with Crippen molar-refractivity contribution < 1.29 is 4.79 Å². The van der Waals surface area contributed by atoms with Crippen molar-refractivity contribution in [3.8, 4) is 0 Å². The maximum Gasteiger partial charge on any atom is 0.223 e. The molecular weight excluding hydrogens is 238 g/mol. The van der Waals surface area contributed by atoms with Gasteiger partial charge >= 0.3 is 0 Å². The smallest absolute Gasteiger partial charge is 0.223 e. The standard InChI is InChI=1S/C15H23N3O/c16-9-3-1-2-8-15(19)18-11-5-7-14(18)13-6-4-10-17-12-13/h4,6,10,12,14H,1-3,5,7-9,11,16H2. The fraction of sp³-hybridized carbons (Fsp3) is 0.600. The van der Waals surface area contributed by atoms with E-state index in [1.807, 2.05) is 17.2 Å². The second kappa shape index (κ2) is 7.24. The molecule has 1 saturated heterocycles. The minimum absolute atomic E-state index is 0.232. The van der Waals surface area contributed by atoms with Crippen LogP contribution >= 0.6 is 0 Å². The fourth-order valence-corrected chi connectivity index (χ4v) is 2.73. The number of nitrogens with zero attached hydrogens (tertiary/aromatic N) is 2. The van der Waals surface area contributed by atoms with Crippen molar-refractivity contribution in [3.63, 3.8) is 0 Å². The number of carbonyl (C=O) groups is 1. The van der Waals surface area contributed by atoms with Gasteiger partial charge in [-0.15, -0.1) is 0 Å². The predicted octanol–water partition coefficient (Wildman–Crippen LogP) is 2.26. The molecule has 0 spiro atoms. The first-order valence-electron chi connectivity index (χ1n) is 7.22. The average Bonchev–Trinajstić information content (AvgIpc) is 2.94. The van der Waals surface area contributed by atoms with E-state index < -0.39 is 0 Å². The summed E-state index contributed by atoms with van der Waals surface area (Å²) in [6, 6.07) is 4.24. The lowest BCUT2D eigenvalue weighted by Gasteiger charge is -2.25. The molecule has 104 valence electrons. The summed E-state index contributed by atoms with van der Waals surface area (Å²) in [6.07, 6.45) is 9.46. The summed E-state index contributed by atoms with van der Waals surface area (Å²) in [5, 5.41) is 0. The van der Waals surface area contributed by atoms with Crippen molar-refractivity contribution in [1.82, 2.24) is 9.88 Å².